The van der Waals surface area contributed by atoms with E-state index in [1.165, 1.54) is 7.11 Å². The molecule has 0 unspecified atom stereocenters. The SMILES string of the molecule is CCOc1ccc(-c2ccc(OCCNC(=O)Nc3cc(Cl)ccc3OC)nn2)cc1. The number of nitrogens with one attached hydrogen (secondary N) is 2. The first kappa shape index (κ1) is 22.2. The van der Waals surface area contributed by atoms with Gasteiger partial charge in [-0.3, -0.25) is 0 Å². The summed E-state index contributed by atoms with van der Waals surface area (Å²) in [6.45, 7) is 3.07. The smallest absolute Gasteiger partial charge is 0.319 e. The molecule has 1 aromatic heterocycles. The Kier molecular flexibility index (Phi) is 7.89. The van der Waals surface area contributed by atoms with Crippen LogP contribution >= 0.6 is 11.6 Å². The van der Waals surface area contributed by atoms with Gasteiger partial charge >= 0.3 is 6.03 Å². The van der Waals surface area contributed by atoms with E-state index in [9.17, 15) is 4.79 Å². The van der Waals surface area contributed by atoms with E-state index in [0.717, 1.165) is 17.0 Å². The Morgan fingerprint density at radius 1 is 1.03 bits per heavy atom. The zero-order chi connectivity index (χ0) is 22.1. The first-order chi connectivity index (χ1) is 15.1. The van der Waals surface area contributed by atoms with Gasteiger partial charge in [0, 0.05) is 16.7 Å². The summed E-state index contributed by atoms with van der Waals surface area (Å²) in [7, 11) is 1.52. The van der Waals surface area contributed by atoms with Gasteiger partial charge in [0.15, 0.2) is 0 Å². The molecule has 3 aromatic rings. The highest BCUT2D eigenvalue weighted by Crippen LogP contribution is 2.27. The second kappa shape index (κ2) is 11.0. The Hall–Kier alpha value is -3.52. The molecular weight excluding hydrogens is 420 g/mol. The van der Waals surface area contributed by atoms with E-state index in [4.69, 9.17) is 25.8 Å². The molecule has 3 rings (SSSR count). The van der Waals surface area contributed by atoms with Crippen LogP contribution in [0.25, 0.3) is 11.3 Å². The van der Waals surface area contributed by atoms with Crippen molar-refractivity contribution in [2.24, 2.45) is 0 Å². The first-order valence-corrected chi connectivity index (χ1v) is 10.0. The maximum Gasteiger partial charge on any atom is 0.319 e. The molecule has 2 amide bonds. The number of rotatable bonds is 9. The molecule has 0 atom stereocenters. The molecule has 0 spiro atoms. The number of ether oxygens (including phenoxy) is 3. The van der Waals surface area contributed by atoms with Crippen molar-refractivity contribution in [1.82, 2.24) is 15.5 Å². The van der Waals surface area contributed by atoms with Gasteiger partial charge in [0.05, 0.1) is 31.6 Å². The molecule has 0 aliphatic carbocycles. The van der Waals surface area contributed by atoms with Crippen molar-refractivity contribution < 1.29 is 19.0 Å². The third kappa shape index (κ3) is 6.48. The summed E-state index contributed by atoms with van der Waals surface area (Å²) in [5, 5.41) is 14.1. The topological polar surface area (TPSA) is 94.6 Å². The van der Waals surface area contributed by atoms with Crippen LogP contribution in [0.2, 0.25) is 5.02 Å². The minimum absolute atomic E-state index is 0.233. The molecule has 0 radical (unpaired) electrons. The third-order valence-corrected chi connectivity index (χ3v) is 4.38. The van der Waals surface area contributed by atoms with Crippen LogP contribution in [0.3, 0.4) is 0 Å². The van der Waals surface area contributed by atoms with Crippen LogP contribution in [0.4, 0.5) is 10.5 Å². The highest BCUT2D eigenvalue weighted by Gasteiger charge is 2.08. The lowest BCUT2D eigenvalue weighted by Gasteiger charge is -2.11. The second-order valence-corrected chi connectivity index (χ2v) is 6.72. The van der Waals surface area contributed by atoms with Crippen molar-refractivity contribution >= 4 is 23.3 Å². The molecule has 0 saturated heterocycles. The lowest BCUT2D eigenvalue weighted by atomic mass is 10.1. The predicted molar refractivity (Wildman–Crippen MR) is 119 cm³/mol. The van der Waals surface area contributed by atoms with Gasteiger partial charge < -0.3 is 24.8 Å². The molecule has 31 heavy (non-hydrogen) atoms. The lowest BCUT2D eigenvalue weighted by Crippen LogP contribution is -2.32. The van der Waals surface area contributed by atoms with Crippen LogP contribution in [0.15, 0.2) is 54.6 Å². The largest absolute Gasteiger partial charge is 0.495 e. The van der Waals surface area contributed by atoms with Gasteiger partial charge in [-0.05, 0) is 55.5 Å². The van der Waals surface area contributed by atoms with E-state index in [-0.39, 0.29) is 13.2 Å². The predicted octanol–water partition coefficient (Wildman–Crippen LogP) is 4.40. The highest BCUT2D eigenvalue weighted by atomic mass is 35.5. The van der Waals surface area contributed by atoms with Crippen LogP contribution in [0.5, 0.6) is 17.4 Å². The van der Waals surface area contributed by atoms with E-state index >= 15 is 0 Å². The fourth-order valence-corrected chi connectivity index (χ4v) is 2.88. The number of benzene rings is 2. The molecular formula is C22H23ClN4O4. The standard InChI is InChI=1S/C22H23ClN4O4/c1-3-30-17-7-4-15(5-8-17)18-9-11-21(27-26-18)31-13-12-24-22(28)25-19-14-16(23)6-10-20(19)29-2/h4-11,14H,3,12-13H2,1-2H3,(H2,24,25,28). The van der Waals surface area contributed by atoms with Crippen LogP contribution in [0.1, 0.15) is 6.92 Å². The number of carbonyl (C=O) groups excluding carboxylic acids is 1. The maximum atomic E-state index is 12.1. The molecule has 0 aliphatic rings. The van der Waals surface area contributed by atoms with Crippen molar-refractivity contribution in [2.75, 3.05) is 32.2 Å². The number of hydrogen-bond donors (Lipinski definition) is 2. The molecule has 2 N–H and O–H groups in total. The molecule has 0 aliphatic heterocycles. The number of methoxy groups -OCH3 is 1. The normalized spacial score (nSPS) is 10.3. The Labute approximate surface area is 185 Å². The number of urea groups is 1. The van der Waals surface area contributed by atoms with Gasteiger partial charge in [-0.15, -0.1) is 10.2 Å². The van der Waals surface area contributed by atoms with E-state index in [1.54, 1.807) is 24.3 Å². The summed E-state index contributed by atoms with van der Waals surface area (Å²) in [5.41, 5.74) is 2.13. The first-order valence-electron chi connectivity index (χ1n) is 9.67. The number of hydrogen-bond acceptors (Lipinski definition) is 6. The Balaban J connectivity index is 1.44. The second-order valence-electron chi connectivity index (χ2n) is 6.29. The van der Waals surface area contributed by atoms with Crippen molar-refractivity contribution in [3.63, 3.8) is 0 Å². The van der Waals surface area contributed by atoms with Gasteiger partial charge in [0.25, 0.3) is 0 Å². The molecule has 2 aromatic carbocycles. The summed E-state index contributed by atoms with van der Waals surface area (Å²) >= 11 is 5.96. The monoisotopic (exact) mass is 442 g/mol. The molecule has 1 heterocycles. The van der Waals surface area contributed by atoms with Gasteiger partial charge in [0.2, 0.25) is 5.88 Å². The maximum absolute atomic E-state index is 12.1. The minimum atomic E-state index is -0.402. The average molecular weight is 443 g/mol. The molecule has 162 valence electrons. The fraction of sp³-hybridized carbons (Fsp3) is 0.227. The van der Waals surface area contributed by atoms with E-state index in [0.29, 0.717) is 28.9 Å². The van der Waals surface area contributed by atoms with Crippen LogP contribution in [-0.2, 0) is 0 Å². The van der Waals surface area contributed by atoms with Gasteiger partial charge in [0.1, 0.15) is 18.1 Å². The Morgan fingerprint density at radius 3 is 2.52 bits per heavy atom. The van der Waals surface area contributed by atoms with Gasteiger partial charge in [-0.25, -0.2) is 4.79 Å². The summed E-state index contributed by atoms with van der Waals surface area (Å²) in [5.74, 6) is 1.69. The van der Waals surface area contributed by atoms with E-state index < -0.39 is 6.03 Å². The molecule has 0 bridgehead atoms. The number of halogens is 1. The van der Waals surface area contributed by atoms with Crippen molar-refractivity contribution in [1.29, 1.82) is 0 Å². The quantitative estimate of drug-likeness (QED) is 0.477. The van der Waals surface area contributed by atoms with Crippen molar-refractivity contribution in [2.45, 2.75) is 6.92 Å². The van der Waals surface area contributed by atoms with Crippen molar-refractivity contribution in [3.05, 3.63) is 59.6 Å². The molecule has 0 fully saturated rings. The molecule has 0 saturated carbocycles. The Bertz CT molecular complexity index is 997. The van der Waals surface area contributed by atoms with Crippen LogP contribution in [0, 0.1) is 0 Å². The number of aromatic nitrogens is 2. The molecule has 9 heteroatoms. The molecule has 8 nitrogen and oxygen atoms in total. The zero-order valence-corrected chi connectivity index (χ0v) is 18.0. The number of amides is 2. The summed E-state index contributed by atoms with van der Waals surface area (Å²) in [6, 6.07) is 15.7. The van der Waals surface area contributed by atoms with Crippen molar-refractivity contribution in [3.8, 4) is 28.6 Å². The zero-order valence-electron chi connectivity index (χ0n) is 17.2. The highest BCUT2D eigenvalue weighted by molar-refractivity contribution is 6.31. The number of anilines is 1. The summed E-state index contributed by atoms with van der Waals surface area (Å²) < 4.78 is 16.2. The number of carbonyl (C=O) groups is 1. The van der Waals surface area contributed by atoms with Crippen LogP contribution < -0.4 is 24.8 Å². The summed E-state index contributed by atoms with van der Waals surface area (Å²) in [4.78, 5) is 12.1. The van der Waals surface area contributed by atoms with Crippen LogP contribution in [-0.4, -0.2) is 43.1 Å². The average Bonchev–Trinajstić information content (AvgIpc) is 2.78. The third-order valence-electron chi connectivity index (χ3n) is 4.15. The minimum Gasteiger partial charge on any atom is -0.495 e. The van der Waals surface area contributed by atoms with Gasteiger partial charge in [-0.1, -0.05) is 11.6 Å². The Morgan fingerprint density at radius 2 is 1.84 bits per heavy atom. The fourth-order valence-electron chi connectivity index (χ4n) is 2.70. The van der Waals surface area contributed by atoms with E-state index in [1.807, 2.05) is 37.3 Å². The van der Waals surface area contributed by atoms with Gasteiger partial charge in [-0.2, -0.15) is 0 Å². The number of nitrogens with zero attached hydrogens (tertiary/aromatic N) is 2. The lowest BCUT2D eigenvalue weighted by molar-refractivity contribution is 0.246. The summed E-state index contributed by atoms with van der Waals surface area (Å²) in [6.07, 6.45) is 0. The van der Waals surface area contributed by atoms with E-state index in [2.05, 4.69) is 20.8 Å².